The van der Waals surface area contributed by atoms with Crippen LogP contribution in [-0.2, 0) is 11.2 Å². The molecule has 0 aliphatic carbocycles. The van der Waals surface area contributed by atoms with Crippen LogP contribution >= 0.6 is 0 Å². The normalized spacial score (nSPS) is 11.1. The van der Waals surface area contributed by atoms with Crippen LogP contribution in [0.5, 0.6) is 23.0 Å². The number of phenols is 2. The summed E-state index contributed by atoms with van der Waals surface area (Å²) in [4.78, 5) is 12.0. The van der Waals surface area contributed by atoms with E-state index in [4.69, 9.17) is 9.47 Å². The first-order chi connectivity index (χ1) is 11.9. The molecular weight excluding hydrogens is 324 g/mol. The SMILES string of the molecule is COc1ccc(CC(=O)N/N=C(\C)c2ccc(O)cc2O)cc1OC. The van der Waals surface area contributed by atoms with Crippen LogP contribution in [0.3, 0.4) is 0 Å². The van der Waals surface area contributed by atoms with Crippen LogP contribution in [0, 0.1) is 0 Å². The molecule has 0 saturated carbocycles. The second-order valence-corrected chi connectivity index (χ2v) is 5.30. The highest BCUT2D eigenvalue weighted by Gasteiger charge is 2.09. The van der Waals surface area contributed by atoms with E-state index in [9.17, 15) is 15.0 Å². The predicted molar refractivity (Wildman–Crippen MR) is 93.4 cm³/mol. The third-order valence-electron chi connectivity index (χ3n) is 3.53. The first-order valence-electron chi connectivity index (χ1n) is 7.51. The van der Waals surface area contributed by atoms with Crippen LogP contribution in [0.2, 0.25) is 0 Å². The van der Waals surface area contributed by atoms with E-state index in [1.807, 2.05) is 0 Å². The molecule has 132 valence electrons. The number of amides is 1. The minimum atomic E-state index is -0.315. The van der Waals surface area contributed by atoms with Gasteiger partial charge in [0.05, 0.1) is 26.4 Å². The van der Waals surface area contributed by atoms with Gasteiger partial charge < -0.3 is 19.7 Å². The van der Waals surface area contributed by atoms with Crippen LogP contribution in [-0.4, -0.2) is 36.1 Å². The van der Waals surface area contributed by atoms with E-state index < -0.39 is 0 Å². The van der Waals surface area contributed by atoms with Gasteiger partial charge in [-0.3, -0.25) is 4.79 Å². The number of carbonyl (C=O) groups is 1. The Labute approximate surface area is 145 Å². The Kier molecular flexibility index (Phi) is 5.84. The molecule has 7 heteroatoms. The molecule has 0 aliphatic heterocycles. The lowest BCUT2D eigenvalue weighted by molar-refractivity contribution is -0.120. The number of ether oxygens (including phenoxy) is 2. The number of methoxy groups -OCH3 is 2. The molecule has 3 N–H and O–H groups in total. The van der Waals surface area contributed by atoms with Gasteiger partial charge in [-0.15, -0.1) is 0 Å². The average Bonchev–Trinajstić information content (AvgIpc) is 2.59. The summed E-state index contributed by atoms with van der Waals surface area (Å²) in [6.07, 6.45) is 0.110. The van der Waals surface area contributed by atoms with E-state index in [0.29, 0.717) is 22.8 Å². The maximum Gasteiger partial charge on any atom is 0.244 e. The van der Waals surface area contributed by atoms with E-state index in [-0.39, 0.29) is 23.8 Å². The minimum Gasteiger partial charge on any atom is -0.508 e. The van der Waals surface area contributed by atoms with Gasteiger partial charge in [0.15, 0.2) is 11.5 Å². The highest BCUT2D eigenvalue weighted by atomic mass is 16.5. The number of hydrogen-bond donors (Lipinski definition) is 3. The maximum absolute atomic E-state index is 12.0. The summed E-state index contributed by atoms with van der Waals surface area (Å²) in [6, 6.07) is 9.37. The van der Waals surface area contributed by atoms with Crippen LogP contribution in [0.25, 0.3) is 0 Å². The van der Waals surface area contributed by atoms with E-state index in [1.54, 1.807) is 32.2 Å². The van der Waals surface area contributed by atoms with Gasteiger partial charge in [0, 0.05) is 11.6 Å². The largest absolute Gasteiger partial charge is 0.508 e. The molecule has 7 nitrogen and oxygen atoms in total. The van der Waals surface area contributed by atoms with Crippen molar-refractivity contribution in [3.8, 4) is 23.0 Å². The van der Waals surface area contributed by atoms with Gasteiger partial charge in [0.25, 0.3) is 0 Å². The first kappa shape index (κ1) is 18.1. The molecule has 0 saturated heterocycles. The number of benzene rings is 2. The molecule has 1 amide bonds. The van der Waals surface area contributed by atoms with Crippen LogP contribution in [0.1, 0.15) is 18.1 Å². The third kappa shape index (κ3) is 4.63. The van der Waals surface area contributed by atoms with Crippen molar-refractivity contribution in [2.75, 3.05) is 14.2 Å². The Hall–Kier alpha value is -3.22. The lowest BCUT2D eigenvalue weighted by atomic mass is 10.1. The third-order valence-corrected chi connectivity index (χ3v) is 3.53. The Morgan fingerprint density at radius 3 is 2.44 bits per heavy atom. The molecule has 2 rings (SSSR count). The van der Waals surface area contributed by atoms with Gasteiger partial charge in [0.1, 0.15) is 11.5 Å². The number of nitrogens with zero attached hydrogens (tertiary/aromatic N) is 1. The van der Waals surface area contributed by atoms with Gasteiger partial charge in [-0.25, -0.2) is 5.43 Å². The predicted octanol–water partition coefficient (Wildman–Crippen LogP) is 2.20. The molecule has 0 radical (unpaired) electrons. The van der Waals surface area contributed by atoms with E-state index in [1.165, 1.54) is 25.3 Å². The molecule has 0 bridgehead atoms. The van der Waals surface area contributed by atoms with Crippen molar-refractivity contribution in [2.45, 2.75) is 13.3 Å². The summed E-state index contributed by atoms with van der Waals surface area (Å²) in [7, 11) is 3.07. The van der Waals surface area contributed by atoms with Crippen molar-refractivity contribution in [1.29, 1.82) is 0 Å². The fourth-order valence-electron chi connectivity index (χ4n) is 2.25. The number of aromatic hydroxyl groups is 2. The fraction of sp³-hybridized carbons (Fsp3) is 0.222. The number of nitrogens with one attached hydrogen (secondary N) is 1. The summed E-state index contributed by atoms with van der Waals surface area (Å²) in [5.41, 5.74) is 4.02. The van der Waals surface area contributed by atoms with Crippen molar-refractivity contribution in [3.05, 3.63) is 47.5 Å². The number of rotatable bonds is 6. The Morgan fingerprint density at radius 1 is 1.08 bits per heavy atom. The van der Waals surface area contributed by atoms with Crippen LogP contribution < -0.4 is 14.9 Å². The van der Waals surface area contributed by atoms with Crippen molar-refractivity contribution in [2.24, 2.45) is 5.10 Å². The topological polar surface area (TPSA) is 100 Å². The molecule has 0 unspecified atom stereocenters. The second-order valence-electron chi connectivity index (χ2n) is 5.30. The van der Waals surface area contributed by atoms with E-state index in [2.05, 4.69) is 10.5 Å². The van der Waals surface area contributed by atoms with Crippen LogP contribution in [0.15, 0.2) is 41.5 Å². The van der Waals surface area contributed by atoms with E-state index in [0.717, 1.165) is 5.56 Å². The van der Waals surface area contributed by atoms with E-state index >= 15 is 0 Å². The van der Waals surface area contributed by atoms with Crippen molar-refractivity contribution in [1.82, 2.24) is 5.43 Å². The lowest BCUT2D eigenvalue weighted by Crippen LogP contribution is -2.21. The van der Waals surface area contributed by atoms with Gasteiger partial charge >= 0.3 is 0 Å². The molecule has 2 aromatic rings. The number of carbonyl (C=O) groups excluding carboxylic acids is 1. The molecular formula is C18H20N2O5. The molecule has 0 aliphatic rings. The van der Waals surface area contributed by atoms with Gasteiger partial charge in [-0.2, -0.15) is 5.10 Å². The van der Waals surface area contributed by atoms with Crippen molar-refractivity contribution >= 4 is 11.6 Å². The van der Waals surface area contributed by atoms with Crippen LogP contribution in [0.4, 0.5) is 0 Å². The molecule has 2 aromatic carbocycles. The molecule has 0 spiro atoms. The summed E-state index contributed by atoms with van der Waals surface area (Å²) in [5, 5.41) is 23.1. The fourth-order valence-corrected chi connectivity index (χ4v) is 2.25. The maximum atomic E-state index is 12.0. The Bertz CT molecular complexity index is 802. The number of hydrogen-bond acceptors (Lipinski definition) is 6. The smallest absolute Gasteiger partial charge is 0.244 e. The first-order valence-corrected chi connectivity index (χ1v) is 7.51. The molecule has 25 heavy (non-hydrogen) atoms. The highest BCUT2D eigenvalue weighted by molar-refractivity contribution is 6.01. The number of hydrazone groups is 1. The molecule has 0 atom stereocenters. The van der Waals surface area contributed by atoms with Gasteiger partial charge in [-0.05, 0) is 36.8 Å². The quantitative estimate of drug-likeness (QED) is 0.551. The molecule has 0 aromatic heterocycles. The van der Waals surface area contributed by atoms with Crippen molar-refractivity contribution < 1.29 is 24.5 Å². The monoisotopic (exact) mass is 344 g/mol. The summed E-state index contributed by atoms with van der Waals surface area (Å²) < 4.78 is 10.4. The zero-order valence-electron chi connectivity index (χ0n) is 14.2. The Balaban J connectivity index is 2.04. The zero-order chi connectivity index (χ0) is 18.4. The molecule has 0 fully saturated rings. The summed E-state index contributed by atoms with van der Waals surface area (Å²) in [6.45, 7) is 1.64. The van der Waals surface area contributed by atoms with Gasteiger partial charge in [-0.1, -0.05) is 6.07 Å². The average molecular weight is 344 g/mol. The van der Waals surface area contributed by atoms with Gasteiger partial charge in [0.2, 0.25) is 5.91 Å². The standard InChI is InChI=1S/C18H20N2O5/c1-11(14-6-5-13(21)10-15(14)22)19-20-18(23)9-12-4-7-16(24-2)17(8-12)25-3/h4-8,10,21-22H,9H2,1-3H3,(H,20,23)/b19-11+. The minimum absolute atomic E-state index is 0.0495. The lowest BCUT2D eigenvalue weighted by Gasteiger charge is -2.09. The Morgan fingerprint density at radius 2 is 1.80 bits per heavy atom. The molecule has 0 heterocycles. The second kappa shape index (κ2) is 8.05. The number of phenolic OH excluding ortho intramolecular Hbond substituents is 2. The summed E-state index contributed by atoms with van der Waals surface area (Å²) >= 11 is 0. The summed E-state index contributed by atoms with van der Waals surface area (Å²) in [5.74, 6) is 0.650. The van der Waals surface area contributed by atoms with Crippen molar-refractivity contribution in [3.63, 3.8) is 0 Å². The highest BCUT2D eigenvalue weighted by Crippen LogP contribution is 2.27. The zero-order valence-corrected chi connectivity index (χ0v) is 14.2.